The second kappa shape index (κ2) is 5.45. The molecule has 0 saturated heterocycles. The summed E-state index contributed by atoms with van der Waals surface area (Å²) in [6.45, 7) is 6.02. The summed E-state index contributed by atoms with van der Waals surface area (Å²) in [4.78, 5) is 20.7. The molecule has 2 heterocycles. The van der Waals surface area contributed by atoms with Crippen LogP contribution in [0.5, 0.6) is 0 Å². The summed E-state index contributed by atoms with van der Waals surface area (Å²) in [5.41, 5.74) is -0.343. The average Bonchev–Trinajstić information content (AvgIpc) is 2.97. The highest BCUT2D eigenvalue weighted by atomic mass is 79.9. The third-order valence-electron chi connectivity index (χ3n) is 5.58. The van der Waals surface area contributed by atoms with Crippen LogP contribution in [0, 0.1) is 11.3 Å². The first kappa shape index (κ1) is 16.7. The SMILES string of the molecule is CCC1C(C)(C(=O)O)CCC1(C)c1nc(Br)c2c(Cl)nccn12. The number of imidazole rings is 1. The van der Waals surface area contributed by atoms with Crippen LogP contribution >= 0.6 is 27.5 Å². The number of aromatic nitrogens is 3. The smallest absolute Gasteiger partial charge is 0.309 e. The highest BCUT2D eigenvalue weighted by molar-refractivity contribution is 9.10. The lowest BCUT2D eigenvalue weighted by atomic mass is 9.68. The quantitative estimate of drug-likeness (QED) is 0.833. The maximum Gasteiger partial charge on any atom is 0.309 e. The van der Waals surface area contributed by atoms with Gasteiger partial charge in [0.2, 0.25) is 0 Å². The Labute approximate surface area is 148 Å². The van der Waals surface area contributed by atoms with E-state index in [1.165, 1.54) is 0 Å². The molecule has 3 unspecified atom stereocenters. The van der Waals surface area contributed by atoms with E-state index in [1.807, 2.05) is 17.5 Å². The topological polar surface area (TPSA) is 67.5 Å². The predicted octanol–water partition coefficient (Wildman–Crippen LogP) is 4.31. The van der Waals surface area contributed by atoms with Gasteiger partial charge in [-0.15, -0.1) is 0 Å². The number of fused-ring (bicyclic) bond motifs is 1. The molecule has 1 aliphatic carbocycles. The fourth-order valence-corrected chi connectivity index (χ4v) is 5.26. The van der Waals surface area contributed by atoms with Crippen molar-refractivity contribution in [2.45, 2.75) is 45.4 Å². The predicted molar refractivity (Wildman–Crippen MR) is 91.8 cm³/mol. The molecule has 2 aromatic heterocycles. The number of carboxylic acids is 1. The number of hydrogen-bond acceptors (Lipinski definition) is 3. The van der Waals surface area contributed by atoms with Gasteiger partial charge in [-0.05, 0) is 41.6 Å². The molecule has 7 heteroatoms. The fourth-order valence-electron chi connectivity index (χ4n) is 4.36. The Balaban J connectivity index is 2.22. The van der Waals surface area contributed by atoms with E-state index in [9.17, 15) is 9.90 Å². The molecule has 1 aliphatic rings. The molecule has 23 heavy (non-hydrogen) atoms. The van der Waals surface area contributed by atoms with E-state index in [4.69, 9.17) is 11.6 Å². The summed E-state index contributed by atoms with van der Waals surface area (Å²) in [6, 6.07) is 0. The van der Waals surface area contributed by atoms with Gasteiger partial charge in [0, 0.05) is 17.8 Å². The van der Waals surface area contributed by atoms with Crippen molar-refractivity contribution in [3.05, 3.63) is 28.0 Å². The normalized spacial score (nSPS) is 30.9. The summed E-state index contributed by atoms with van der Waals surface area (Å²) in [5.74, 6) is 0.116. The van der Waals surface area contributed by atoms with Crippen molar-refractivity contribution in [3.63, 3.8) is 0 Å². The van der Waals surface area contributed by atoms with E-state index in [0.29, 0.717) is 16.2 Å². The zero-order valence-electron chi connectivity index (χ0n) is 13.3. The van der Waals surface area contributed by atoms with Gasteiger partial charge in [0.25, 0.3) is 0 Å². The molecule has 1 N–H and O–H groups in total. The van der Waals surface area contributed by atoms with E-state index in [0.717, 1.165) is 24.2 Å². The summed E-state index contributed by atoms with van der Waals surface area (Å²) in [5, 5.41) is 10.1. The van der Waals surface area contributed by atoms with Gasteiger partial charge in [0.15, 0.2) is 5.15 Å². The van der Waals surface area contributed by atoms with Crippen molar-refractivity contribution in [2.75, 3.05) is 0 Å². The molecule has 2 aromatic rings. The Bertz CT molecular complexity index is 793. The van der Waals surface area contributed by atoms with Crippen LogP contribution in [0.4, 0.5) is 0 Å². The van der Waals surface area contributed by atoms with Gasteiger partial charge < -0.3 is 5.11 Å². The monoisotopic (exact) mass is 399 g/mol. The van der Waals surface area contributed by atoms with Crippen molar-refractivity contribution < 1.29 is 9.90 Å². The minimum absolute atomic E-state index is 0.00283. The lowest BCUT2D eigenvalue weighted by Crippen LogP contribution is -2.40. The molecular weight excluding hydrogens is 382 g/mol. The van der Waals surface area contributed by atoms with E-state index in [-0.39, 0.29) is 11.3 Å². The molecule has 1 fully saturated rings. The molecule has 0 spiro atoms. The van der Waals surface area contributed by atoms with Crippen LogP contribution in [0.15, 0.2) is 17.0 Å². The van der Waals surface area contributed by atoms with Crippen LogP contribution < -0.4 is 0 Å². The number of aliphatic carboxylic acids is 1. The lowest BCUT2D eigenvalue weighted by Gasteiger charge is -2.36. The third-order valence-corrected chi connectivity index (χ3v) is 6.41. The van der Waals surface area contributed by atoms with Crippen molar-refractivity contribution in [2.24, 2.45) is 11.3 Å². The van der Waals surface area contributed by atoms with E-state index >= 15 is 0 Å². The molecule has 5 nitrogen and oxygen atoms in total. The summed E-state index contributed by atoms with van der Waals surface area (Å²) in [6.07, 6.45) is 5.68. The van der Waals surface area contributed by atoms with Gasteiger partial charge in [0.1, 0.15) is 15.9 Å². The van der Waals surface area contributed by atoms with Crippen molar-refractivity contribution >= 4 is 39.0 Å². The Morgan fingerprint density at radius 2 is 2.22 bits per heavy atom. The van der Waals surface area contributed by atoms with Gasteiger partial charge in [-0.25, -0.2) is 9.97 Å². The van der Waals surface area contributed by atoms with Gasteiger partial charge in [0.05, 0.1) is 5.41 Å². The number of carbonyl (C=O) groups is 1. The first-order chi connectivity index (χ1) is 10.8. The van der Waals surface area contributed by atoms with Gasteiger partial charge in [-0.2, -0.15) is 0 Å². The van der Waals surface area contributed by atoms with Crippen LogP contribution in [0.1, 0.15) is 45.9 Å². The van der Waals surface area contributed by atoms with Crippen molar-refractivity contribution in [1.29, 1.82) is 0 Å². The van der Waals surface area contributed by atoms with Gasteiger partial charge >= 0.3 is 5.97 Å². The minimum Gasteiger partial charge on any atom is -0.481 e. The summed E-state index contributed by atoms with van der Waals surface area (Å²) < 4.78 is 2.58. The zero-order chi connectivity index (χ0) is 17.0. The van der Waals surface area contributed by atoms with Crippen LogP contribution in [-0.4, -0.2) is 25.4 Å². The van der Waals surface area contributed by atoms with Crippen molar-refractivity contribution in [1.82, 2.24) is 14.4 Å². The summed E-state index contributed by atoms with van der Waals surface area (Å²) >= 11 is 9.67. The van der Waals surface area contributed by atoms with Crippen LogP contribution in [0.2, 0.25) is 5.15 Å². The molecule has 3 rings (SSSR count). The average molecular weight is 401 g/mol. The van der Waals surface area contributed by atoms with E-state index < -0.39 is 11.4 Å². The van der Waals surface area contributed by atoms with Crippen LogP contribution in [-0.2, 0) is 10.2 Å². The first-order valence-electron chi connectivity index (χ1n) is 7.67. The van der Waals surface area contributed by atoms with Crippen LogP contribution in [0.3, 0.4) is 0 Å². The maximum atomic E-state index is 11.9. The lowest BCUT2D eigenvalue weighted by molar-refractivity contribution is -0.150. The molecule has 0 aliphatic heterocycles. The maximum absolute atomic E-state index is 11.9. The first-order valence-corrected chi connectivity index (χ1v) is 8.84. The Morgan fingerprint density at radius 1 is 1.52 bits per heavy atom. The highest BCUT2D eigenvalue weighted by Gasteiger charge is 2.57. The largest absolute Gasteiger partial charge is 0.481 e. The molecule has 0 bridgehead atoms. The minimum atomic E-state index is -0.737. The number of nitrogens with zero attached hydrogens (tertiary/aromatic N) is 3. The third kappa shape index (κ3) is 2.22. The molecule has 1 saturated carbocycles. The number of rotatable bonds is 3. The van der Waals surface area contributed by atoms with Gasteiger partial charge in [-0.3, -0.25) is 9.20 Å². The Kier molecular flexibility index (Phi) is 3.96. The fraction of sp³-hybridized carbons (Fsp3) is 0.562. The number of hydrogen-bond donors (Lipinski definition) is 1. The molecule has 0 aromatic carbocycles. The summed E-state index contributed by atoms with van der Waals surface area (Å²) in [7, 11) is 0. The highest BCUT2D eigenvalue weighted by Crippen LogP contribution is 2.56. The standard InChI is InChI=1S/C16H19BrClN3O2/c1-4-9-15(2,5-6-16(9,3)14(22)23)13-20-11(17)10-12(18)19-7-8-21(10)13/h7-9H,4-6H2,1-3H3,(H,22,23). The molecular formula is C16H19BrClN3O2. The Morgan fingerprint density at radius 3 is 2.83 bits per heavy atom. The number of carboxylic acid groups (broad SMARTS) is 1. The van der Waals surface area contributed by atoms with E-state index in [2.05, 4.69) is 39.7 Å². The van der Waals surface area contributed by atoms with Crippen LogP contribution in [0.25, 0.3) is 5.52 Å². The molecule has 0 amide bonds. The zero-order valence-corrected chi connectivity index (χ0v) is 15.6. The molecule has 3 atom stereocenters. The Hall–Kier alpha value is -1.14. The molecule has 124 valence electrons. The number of halogens is 2. The van der Waals surface area contributed by atoms with Crippen molar-refractivity contribution in [3.8, 4) is 0 Å². The second-order valence-electron chi connectivity index (χ2n) is 6.76. The molecule has 0 radical (unpaired) electrons. The van der Waals surface area contributed by atoms with Gasteiger partial charge in [-0.1, -0.05) is 31.9 Å². The second-order valence-corrected chi connectivity index (χ2v) is 7.87. The van der Waals surface area contributed by atoms with E-state index in [1.54, 1.807) is 6.20 Å².